The van der Waals surface area contributed by atoms with Crippen LogP contribution in [0.2, 0.25) is 0 Å². The van der Waals surface area contributed by atoms with Gasteiger partial charge >= 0.3 is 0 Å². The highest BCUT2D eigenvalue weighted by Gasteiger charge is 2.27. The van der Waals surface area contributed by atoms with Gasteiger partial charge in [-0.2, -0.15) is 0 Å². The molecule has 26 heavy (non-hydrogen) atoms. The Morgan fingerprint density at radius 2 is 1.77 bits per heavy atom. The highest BCUT2D eigenvalue weighted by molar-refractivity contribution is 7.93. The summed E-state index contributed by atoms with van der Waals surface area (Å²) in [5, 5.41) is 2.49. The Hall–Kier alpha value is -1.80. The predicted octanol–water partition coefficient (Wildman–Crippen LogP) is 4.72. The minimum Gasteiger partial charge on any atom is -0.322 e. The lowest BCUT2D eigenvalue weighted by molar-refractivity contribution is 0.102. The molecule has 8 heteroatoms. The van der Waals surface area contributed by atoms with Crippen LogP contribution in [0.15, 0.2) is 22.4 Å². The molecule has 0 spiro atoms. The van der Waals surface area contributed by atoms with Crippen molar-refractivity contribution in [1.29, 1.82) is 0 Å². The normalized spacial score (nSPS) is 12.3. The number of sulfone groups is 1. The van der Waals surface area contributed by atoms with Gasteiger partial charge in [0.2, 0.25) is 0 Å². The van der Waals surface area contributed by atoms with Gasteiger partial charge in [-0.05, 0) is 37.0 Å². The summed E-state index contributed by atoms with van der Waals surface area (Å²) >= 11 is 1.03. The van der Waals surface area contributed by atoms with Gasteiger partial charge < -0.3 is 5.32 Å². The molecule has 0 aliphatic heterocycles. The van der Waals surface area contributed by atoms with E-state index in [-0.39, 0.29) is 26.8 Å². The number of benzene rings is 1. The molecule has 0 saturated heterocycles. The van der Waals surface area contributed by atoms with Crippen LogP contribution in [0.1, 0.15) is 41.6 Å². The monoisotopic (exact) mass is 401 g/mol. The summed E-state index contributed by atoms with van der Waals surface area (Å²) in [7, 11) is -3.52. The average molecular weight is 402 g/mol. The quantitative estimate of drug-likeness (QED) is 0.807. The minimum atomic E-state index is -3.52. The maximum absolute atomic E-state index is 13.5. The first-order chi connectivity index (χ1) is 11.8. The van der Waals surface area contributed by atoms with Crippen LogP contribution in [0.3, 0.4) is 0 Å². The fourth-order valence-corrected chi connectivity index (χ4v) is 5.85. The van der Waals surface area contributed by atoms with Gasteiger partial charge in [-0.25, -0.2) is 17.2 Å². The number of carbonyl (C=O) groups excluding carboxylic acids is 1. The van der Waals surface area contributed by atoms with Crippen molar-refractivity contribution in [3.05, 3.63) is 45.8 Å². The van der Waals surface area contributed by atoms with Crippen LogP contribution in [-0.4, -0.2) is 20.1 Å². The average Bonchev–Trinajstić information content (AvgIpc) is 2.85. The molecule has 4 nitrogen and oxygen atoms in total. The summed E-state index contributed by atoms with van der Waals surface area (Å²) in [4.78, 5) is 13.0. The van der Waals surface area contributed by atoms with Crippen LogP contribution in [0.25, 0.3) is 0 Å². The van der Waals surface area contributed by atoms with Crippen molar-refractivity contribution in [3.8, 4) is 0 Å². The Bertz CT molecular complexity index is 934. The standard InChI is InChI=1S/C18H21F2NO3S2/c1-10-6-12(7-14(19)16(10)20)21-17(22)13-8-15(25-11(13)2)26(23,24)9-18(3,4)5/h6-8H,9H2,1-5H3,(H,21,22). The molecule has 0 unspecified atom stereocenters. The van der Waals surface area contributed by atoms with Crippen LogP contribution in [-0.2, 0) is 9.84 Å². The Balaban J connectivity index is 2.30. The van der Waals surface area contributed by atoms with Gasteiger partial charge in [0, 0.05) is 16.6 Å². The molecule has 1 heterocycles. The Labute approximate surface area is 156 Å². The van der Waals surface area contributed by atoms with E-state index in [1.807, 2.05) is 20.8 Å². The molecule has 1 amide bonds. The second-order valence-corrected chi connectivity index (χ2v) is 10.9. The first-order valence-corrected chi connectivity index (χ1v) is 10.4. The van der Waals surface area contributed by atoms with Gasteiger partial charge in [0.15, 0.2) is 21.5 Å². The highest BCUT2D eigenvalue weighted by Crippen LogP contribution is 2.30. The second-order valence-electron chi connectivity index (χ2n) is 7.40. The zero-order valence-corrected chi connectivity index (χ0v) is 16.9. The molecular formula is C18H21F2NO3S2. The van der Waals surface area contributed by atoms with Crippen LogP contribution in [0, 0.1) is 30.9 Å². The van der Waals surface area contributed by atoms with E-state index in [9.17, 15) is 22.0 Å². The molecule has 0 radical (unpaired) electrons. The van der Waals surface area contributed by atoms with E-state index in [4.69, 9.17) is 0 Å². The molecule has 2 rings (SSSR count). The van der Waals surface area contributed by atoms with E-state index < -0.39 is 32.8 Å². The van der Waals surface area contributed by atoms with Crippen molar-refractivity contribution in [2.45, 2.75) is 38.8 Å². The van der Waals surface area contributed by atoms with Crippen LogP contribution >= 0.6 is 11.3 Å². The molecule has 1 aromatic carbocycles. The number of nitrogens with one attached hydrogen (secondary N) is 1. The summed E-state index contributed by atoms with van der Waals surface area (Å²) in [6.45, 7) is 8.51. The van der Waals surface area contributed by atoms with E-state index in [0.717, 1.165) is 17.4 Å². The largest absolute Gasteiger partial charge is 0.322 e. The van der Waals surface area contributed by atoms with Crippen LogP contribution in [0.5, 0.6) is 0 Å². The predicted molar refractivity (Wildman–Crippen MR) is 99.6 cm³/mol. The van der Waals surface area contributed by atoms with Gasteiger partial charge in [-0.15, -0.1) is 11.3 Å². The van der Waals surface area contributed by atoms with Gasteiger partial charge in [0.1, 0.15) is 4.21 Å². The molecule has 2 aromatic rings. The van der Waals surface area contributed by atoms with E-state index in [0.29, 0.717) is 4.88 Å². The van der Waals surface area contributed by atoms with Crippen molar-refractivity contribution in [2.75, 3.05) is 11.1 Å². The SMILES string of the molecule is Cc1cc(NC(=O)c2cc(S(=O)(=O)CC(C)(C)C)sc2C)cc(F)c1F. The molecular weight excluding hydrogens is 380 g/mol. The number of anilines is 1. The summed E-state index contributed by atoms with van der Waals surface area (Å²) in [6.07, 6.45) is 0. The summed E-state index contributed by atoms with van der Waals surface area (Å²) in [5.41, 5.74) is -0.0424. The zero-order valence-electron chi connectivity index (χ0n) is 15.2. The van der Waals surface area contributed by atoms with Crippen molar-refractivity contribution < 1.29 is 22.0 Å². The van der Waals surface area contributed by atoms with Crippen molar-refractivity contribution in [3.63, 3.8) is 0 Å². The van der Waals surface area contributed by atoms with Crippen molar-refractivity contribution >= 4 is 32.8 Å². The lowest BCUT2D eigenvalue weighted by Gasteiger charge is -2.17. The third kappa shape index (κ3) is 4.67. The fourth-order valence-electron chi connectivity index (χ4n) is 2.47. The van der Waals surface area contributed by atoms with Gasteiger partial charge in [-0.1, -0.05) is 20.8 Å². The van der Waals surface area contributed by atoms with Crippen LogP contribution in [0.4, 0.5) is 14.5 Å². The molecule has 0 fully saturated rings. The lowest BCUT2D eigenvalue weighted by atomic mass is 10.0. The minimum absolute atomic E-state index is 0.0383. The molecule has 1 N–H and O–H groups in total. The molecule has 0 bridgehead atoms. The van der Waals surface area contributed by atoms with E-state index in [2.05, 4.69) is 5.32 Å². The second kappa shape index (κ2) is 7.08. The van der Waals surface area contributed by atoms with E-state index in [1.165, 1.54) is 19.1 Å². The first kappa shape index (κ1) is 20.5. The van der Waals surface area contributed by atoms with E-state index >= 15 is 0 Å². The number of aryl methyl sites for hydroxylation is 2. The van der Waals surface area contributed by atoms with Crippen LogP contribution < -0.4 is 5.32 Å². The number of hydrogen-bond acceptors (Lipinski definition) is 4. The maximum Gasteiger partial charge on any atom is 0.256 e. The molecule has 0 atom stereocenters. The first-order valence-electron chi connectivity index (χ1n) is 7.90. The zero-order chi connectivity index (χ0) is 19.9. The van der Waals surface area contributed by atoms with Gasteiger partial charge in [-0.3, -0.25) is 4.79 Å². The van der Waals surface area contributed by atoms with Crippen molar-refractivity contribution in [2.24, 2.45) is 5.41 Å². The molecule has 0 saturated carbocycles. The molecule has 1 aromatic heterocycles. The van der Waals surface area contributed by atoms with Crippen molar-refractivity contribution in [1.82, 2.24) is 0 Å². The Kier molecular flexibility index (Phi) is 5.58. The lowest BCUT2D eigenvalue weighted by Crippen LogP contribution is -2.20. The fraction of sp³-hybridized carbons (Fsp3) is 0.389. The smallest absolute Gasteiger partial charge is 0.256 e. The number of rotatable bonds is 4. The number of hydrogen-bond donors (Lipinski definition) is 1. The Morgan fingerprint density at radius 1 is 1.15 bits per heavy atom. The third-order valence-corrected chi connectivity index (χ3v) is 7.37. The third-order valence-electron chi connectivity index (χ3n) is 3.54. The summed E-state index contributed by atoms with van der Waals surface area (Å²) < 4.78 is 52.0. The number of halogens is 2. The van der Waals surface area contributed by atoms with Gasteiger partial charge in [0.05, 0.1) is 11.3 Å². The molecule has 0 aliphatic rings. The highest BCUT2D eigenvalue weighted by atomic mass is 32.2. The molecule has 142 valence electrons. The van der Waals surface area contributed by atoms with E-state index in [1.54, 1.807) is 6.92 Å². The number of carbonyl (C=O) groups is 1. The Morgan fingerprint density at radius 3 is 2.31 bits per heavy atom. The number of amides is 1. The topological polar surface area (TPSA) is 63.2 Å². The summed E-state index contributed by atoms with van der Waals surface area (Å²) in [6, 6.07) is 3.54. The summed E-state index contributed by atoms with van der Waals surface area (Å²) in [5.74, 6) is -2.63. The number of thiophene rings is 1. The van der Waals surface area contributed by atoms with Gasteiger partial charge in [0.25, 0.3) is 5.91 Å². The maximum atomic E-state index is 13.5. The molecule has 0 aliphatic carbocycles.